The number of hydrogen-bond donors (Lipinski definition) is 2. The van der Waals surface area contributed by atoms with E-state index in [-0.39, 0.29) is 12.5 Å². The van der Waals surface area contributed by atoms with Crippen molar-refractivity contribution in [2.75, 3.05) is 0 Å². The molecule has 1 unspecified atom stereocenters. The Balaban J connectivity index is 2.01. The summed E-state index contributed by atoms with van der Waals surface area (Å²) < 4.78 is 5.42. The molecule has 0 saturated heterocycles. The Morgan fingerprint density at radius 2 is 2.11 bits per heavy atom. The number of rotatable bonds is 4. The number of hydrogen-bond acceptors (Lipinski definition) is 5. The van der Waals surface area contributed by atoms with E-state index in [0.29, 0.717) is 11.8 Å². The molecule has 1 atom stereocenters. The lowest BCUT2D eigenvalue weighted by atomic mass is 10.2. The molecule has 0 radical (unpaired) electrons. The van der Waals surface area contributed by atoms with Gasteiger partial charge < -0.3 is 15.5 Å². The Morgan fingerprint density at radius 1 is 1.39 bits per heavy atom. The number of nitrogens with one attached hydrogen (secondary N) is 1. The Kier molecular flexibility index (Phi) is 3.69. The van der Waals surface area contributed by atoms with Crippen molar-refractivity contribution in [3.05, 3.63) is 36.2 Å². The van der Waals surface area contributed by atoms with Crippen LogP contribution < -0.4 is 11.1 Å². The normalized spacial score (nSPS) is 12.1. The van der Waals surface area contributed by atoms with Gasteiger partial charge in [0.15, 0.2) is 0 Å². The maximum absolute atomic E-state index is 11.3. The fourth-order valence-electron chi connectivity index (χ4n) is 1.35. The molecule has 2 rings (SSSR count). The van der Waals surface area contributed by atoms with Gasteiger partial charge in [-0.05, 0) is 19.1 Å². The Labute approximate surface area is 104 Å². The molecule has 6 nitrogen and oxygen atoms in total. The first-order valence-electron chi connectivity index (χ1n) is 5.58. The molecule has 0 aliphatic rings. The summed E-state index contributed by atoms with van der Waals surface area (Å²) in [6.07, 6.45) is 0. The minimum atomic E-state index is -0.554. The van der Waals surface area contributed by atoms with Crippen molar-refractivity contribution < 1.29 is 9.21 Å². The Morgan fingerprint density at radius 3 is 2.78 bits per heavy atom. The first kappa shape index (κ1) is 12.3. The molecule has 2 aromatic rings. The van der Waals surface area contributed by atoms with Crippen molar-refractivity contribution >= 4 is 5.91 Å². The molecule has 0 fully saturated rings. The average Bonchev–Trinajstić information content (AvgIpc) is 2.85. The fraction of sp³-hybridized carbons (Fsp3) is 0.250. The highest BCUT2D eigenvalue weighted by Gasteiger charge is 2.11. The zero-order chi connectivity index (χ0) is 13.0. The summed E-state index contributed by atoms with van der Waals surface area (Å²) in [5, 5.41) is 10.4. The molecule has 1 amide bonds. The number of carbonyl (C=O) groups is 1. The van der Waals surface area contributed by atoms with E-state index in [1.807, 2.05) is 30.3 Å². The van der Waals surface area contributed by atoms with Crippen molar-refractivity contribution in [1.29, 1.82) is 0 Å². The van der Waals surface area contributed by atoms with Crippen molar-refractivity contribution in [2.45, 2.75) is 19.5 Å². The minimum Gasteiger partial charge on any atom is -0.419 e. The van der Waals surface area contributed by atoms with Crippen LogP contribution in [0.5, 0.6) is 0 Å². The third-order valence-electron chi connectivity index (χ3n) is 2.31. The largest absolute Gasteiger partial charge is 0.419 e. The standard InChI is InChI=1S/C12H14N4O2/c1-8(13)11(17)14-7-10-15-16-12(18-10)9-5-3-2-4-6-9/h2-6,8H,7,13H2,1H3,(H,14,17). The third-order valence-corrected chi connectivity index (χ3v) is 2.31. The predicted molar refractivity (Wildman–Crippen MR) is 65.2 cm³/mol. The number of nitrogens with two attached hydrogens (primary N) is 1. The molecule has 0 aliphatic heterocycles. The second-order valence-electron chi connectivity index (χ2n) is 3.87. The quantitative estimate of drug-likeness (QED) is 0.828. The zero-order valence-corrected chi connectivity index (χ0v) is 9.96. The van der Waals surface area contributed by atoms with Gasteiger partial charge in [-0.15, -0.1) is 10.2 Å². The van der Waals surface area contributed by atoms with Gasteiger partial charge in [0.25, 0.3) is 0 Å². The Bertz CT molecular complexity index is 522. The van der Waals surface area contributed by atoms with Crippen LogP contribution in [-0.4, -0.2) is 22.1 Å². The smallest absolute Gasteiger partial charge is 0.247 e. The molecule has 1 aromatic carbocycles. The van der Waals surface area contributed by atoms with E-state index in [0.717, 1.165) is 5.56 Å². The summed E-state index contributed by atoms with van der Waals surface area (Å²) in [5.74, 6) is 0.526. The van der Waals surface area contributed by atoms with Crippen molar-refractivity contribution in [3.63, 3.8) is 0 Å². The number of carbonyl (C=O) groups excluding carboxylic acids is 1. The highest BCUT2D eigenvalue weighted by atomic mass is 16.4. The van der Waals surface area contributed by atoms with Crippen LogP contribution in [0.4, 0.5) is 0 Å². The molecule has 0 bridgehead atoms. The van der Waals surface area contributed by atoms with Gasteiger partial charge in [-0.2, -0.15) is 0 Å². The molecular formula is C12H14N4O2. The number of aromatic nitrogens is 2. The molecule has 0 aliphatic carbocycles. The molecule has 18 heavy (non-hydrogen) atoms. The van der Waals surface area contributed by atoms with Crippen LogP contribution in [0.1, 0.15) is 12.8 Å². The highest BCUT2D eigenvalue weighted by molar-refractivity contribution is 5.80. The van der Waals surface area contributed by atoms with E-state index < -0.39 is 6.04 Å². The van der Waals surface area contributed by atoms with E-state index in [9.17, 15) is 4.79 Å². The fourth-order valence-corrected chi connectivity index (χ4v) is 1.35. The SMILES string of the molecule is CC(N)C(=O)NCc1nnc(-c2ccccc2)o1. The van der Waals surface area contributed by atoms with E-state index in [1.54, 1.807) is 6.92 Å². The molecule has 1 heterocycles. The van der Waals surface area contributed by atoms with Crippen molar-refractivity contribution in [3.8, 4) is 11.5 Å². The Hall–Kier alpha value is -2.21. The first-order valence-corrected chi connectivity index (χ1v) is 5.58. The lowest BCUT2D eigenvalue weighted by Gasteiger charge is -2.04. The maximum Gasteiger partial charge on any atom is 0.247 e. The van der Waals surface area contributed by atoms with Gasteiger partial charge >= 0.3 is 0 Å². The molecule has 1 aromatic heterocycles. The van der Waals surface area contributed by atoms with Crippen LogP contribution in [-0.2, 0) is 11.3 Å². The van der Waals surface area contributed by atoms with Crippen LogP contribution in [0.2, 0.25) is 0 Å². The minimum absolute atomic E-state index is 0.181. The lowest BCUT2D eigenvalue weighted by Crippen LogP contribution is -2.37. The summed E-state index contributed by atoms with van der Waals surface area (Å²) in [6, 6.07) is 8.87. The van der Waals surface area contributed by atoms with Crippen molar-refractivity contribution in [1.82, 2.24) is 15.5 Å². The topological polar surface area (TPSA) is 94.0 Å². The van der Waals surface area contributed by atoms with Gasteiger partial charge in [0.05, 0.1) is 12.6 Å². The second kappa shape index (κ2) is 5.42. The van der Waals surface area contributed by atoms with Gasteiger partial charge in [-0.1, -0.05) is 18.2 Å². The summed E-state index contributed by atoms with van der Waals surface area (Å²) in [6.45, 7) is 1.79. The number of benzene rings is 1. The van der Waals surface area contributed by atoms with E-state index >= 15 is 0 Å². The zero-order valence-electron chi connectivity index (χ0n) is 9.96. The van der Waals surface area contributed by atoms with Crippen LogP contribution in [0.15, 0.2) is 34.7 Å². The van der Waals surface area contributed by atoms with Crippen LogP contribution >= 0.6 is 0 Å². The summed E-state index contributed by atoms with van der Waals surface area (Å²) in [7, 11) is 0. The van der Waals surface area contributed by atoms with E-state index in [2.05, 4.69) is 15.5 Å². The molecule has 6 heteroatoms. The molecule has 0 spiro atoms. The third kappa shape index (κ3) is 2.92. The second-order valence-corrected chi connectivity index (χ2v) is 3.87. The monoisotopic (exact) mass is 246 g/mol. The summed E-state index contributed by atoms with van der Waals surface area (Å²) in [5.41, 5.74) is 6.26. The van der Waals surface area contributed by atoms with E-state index in [4.69, 9.17) is 10.2 Å². The summed E-state index contributed by atoms with van der Waals surface area (Å²) in [4.78, 5) is 11.3. The molecule has 94 valence electrons. The van der Waals surface area contributed by atoms with Gasteiger partial charge in [0.2, 0.25) is 17.7 Å². The lowest BCUT2D eigenvalue weighted by molar-refractivity contribution is -0.122. The van der Waals surface area contributed by atoms with Crippen LogP contribution in [0, 0.1) is 0 Å². The summed E-state index contributed by atoms with van der Waals surface area (Å²) >= 11 is 0. The molecule has 0 saturated carbocycles. The average molecular weight is 246 g/mol. The maximum atomic E-state index is 11.3. The van der Waals surface area contributed by atoms with Gasteiger partial charge in [-0.3, -0.25) is 4.79 Å². The van der Waals surface area contributed by atoms with Gasteiger partial charge in [0.1, 0.15) is 0 Å². The molecule has 3 N–H and O–H groups in total. The van der Waals surface area contributed by atoms with Gasteiger partial charge in [0, 0.05) is 5.56 Å². The number of nitrogens with zero attached hydrogens (tertiary/aromatic N) is 2. The number of amides is 1. The van der Waals surface area contributed by atoms with Crippen LogP contribution in [0.25, 0.3) is 11.5 Å². The first-order chi connectivity index (χ1) is 8.66. The predicted octanol–water partition coefficient (Wildman–Crippen LogP) is 0.700. The van der Waals surface area contributed by atoms with Crippen LogP contribution in [0.3, 0.4) is 0 Å². The molecular weight excluding hydrogens is 232 g/mol. The van der Waals surface area contributed by atoms with Crippen molar-refractivity contribution in [2.24, 2.45) is 5.73 Å². The highest BCUT2D eigenvalue weighted by Crippen LogP contribution is 2.16. The van der Waals surface area contributed by atoms with Gasteiger partial charge in [-0.25, -0.2) is 0 Å². The van der Waals surface area contributed by atoms with E-state index in [1.165, 1.54) is 0 Å².